The number of fused-ring (bicyclic) bond motifs is 2. The standard InChI is InChI=1S/C65H54N3OP/c1-70(2,69)61-58-19-11-9-17-56(58)60(57-18-10-12-20-59(57)61)48-29-33-52(34-30-48)65(54-38-42-37-43(40-54)41-55(65)39-42)53-35-31-51(32-36-53)64-67-62(49-15-7-4-8-16-49)66-63(68-64)50-27-25-47(26-28-50)46-23-21-45(22-24-46)44-13-5-3-6-14-44/h3-36,42-43,54-55H,37-41H2,1-2H3. The van der Waals surface area contributed by atoms with Crippen molar-refractivity contribution in [3.8, 4) is 67.5 Å². The molecule has 10 aromatic rings. The molecule has 4 fully saturated rings. The molecule has 0 spiro atoms. The number of nitrogens with zero attached hydrogens (tertiary/aromatic N) is 3. The Labute approximate surface area is 411 Å². The minimum atomic E-state index is -2.59. The van der Waals surface area contributed by atoms with Crippen LogP contribution in [-0.4, -0.2) is 28.3 Å². The summed E-state index contributed by atoms with van der Waals surface area (Å²) in [5.74, 6) is 4.82. The van der Waals surface area contributed by atoms with Gasteiger partial charge < -0.3 is 4.57 Å². The van der Waals surface area contributed by atoms with E-state index in [2.05, 4.69) is 188 Å². The molecule has 0 N–H and O–H groups in total. The van der Waals surface area contributed by atoms with Crippen molar-refractivity contribution in [1.29, 1.82) is 0 Å². The van der Waals surface area contributed by atoms with Gasteiger partial charge in [0.15, 0.2) is 17.5 Å². The van der Waals surface area contributed by atoms with E-state index < -0.39 is 7.14 Å². The summed E-state index contributed by atoms with van der Waals surface area (Å²) in [4.78, 5) is 15.4. The SMILES string of the molecule is CP(C)(=O)c1c2ccccc2c(-c2ccc(C3(c4ccc(-c5nc(-c6ccccc6)nc(-c6ccc(-c7ccc(-c8ccccc8)cc7)cc6)n5)cc4)C4CC5CC(C4)CC3C5)cc2)c2ccccc12. The molecule has 4 saturated carbocycles. The minimum absolute atomic E-state index is 0.0847. The Morgan fingerprint density at radius 1 is 0.357 bits per heavy atom. The molecule has 5 heteroatoms. The maximum Gasteiger partial charge on any atom is 0.164 e. The molecule has 9 aromatic carbocycles. The van der Waals surface area contributed by atoms with Gasteiger partial charge in [-0.25, -0.2) is 15.0 Å². The lowest BCUT2D eigenvalue weighted by Crippen LogP contribution is -2.56. The molecule has 0 radical (unpaired) electrons. The van der Waals surface area contributed by atoms with Crippen molar-refractivity contribution < 1.29 is 4.57 Å². The molecule has 4 aliphatic rings. The van der Waals surface area contributed by atoms with Crippen molar-refractivity contribution in [3.63, 3.8) is 0 Å². The summed E-state index contributed by atoms with van der Waals surface area (Å²) in [7, 11) is -2.59. The van der Waals surface area contributed by atoms with E-state index in [1.54, 1.807) is 0 Å². The zero-order valence-corrected chi connectivity index (χ0v) is 40.6. The van der Waals surface area contributed by atoms with Crippen molar-refractivity contribution in [2.75, 3.05) is 13.3 Å². The molecule has 4 nitrogen and oxygen atoms in total. The Morgan fingerprint density at radius 2 is 0.671 bits per heavy atom. The molecule has 0 aliphatic heterocycles. The number of hydrogen-bond acceptors (Lipinski definition) is 4. The molecule has 4 aliphatic carbocycles. The Kier molecular flexibility index (Phi) is 10.4. The van der Waals surface area contributed by atoms with Crippen molar-refractivity contribution in [2.45, 2.75) is 37.5 Å². The first-order chi connectivity index (χ1) is 34.3. The lowest BCUT2D eigenvalue weighted by atomic mass is 9.42. The van der Waals surface area contributed by atoms with Gasteiger partial charge in [-0.2, -0.15) is 0 Å². The number of rotatable bonds is 9. The van der Waals surface area contributed by atoms with Crippen LogP contribution in [0, 0.1) is 23.7 Å². The second kappa shape index (κ2) is 17.0. The van der Waals surface area contributed by atoms with Gasteiger partial charge in [-0.05, 0) is 135 Å². The highest BCUT2D eigenvalue weighted by Gasteiger charge is 2.58. The molecule has 340 valence electrons. The molecule has 4 bridgehead atoms. The fraction of sp³-hybridized carbons (Fsp3) is 0.185. The molecular weight excluding hydrogens is 870 g/mol. The van der Waals surface area contributed by atoms with Gasteiger partial charge in [0.2, 0.25) is 0 Å². The van der Waals surface area contributed by atoms with E-state index in [1.807, 2.05) is 31.5 Å². The van der Waals surface area contributed by atoms with Crippen LogP contribution in [-0.2, 0) is 9.98 Å². The van der Waals surface area contributed by atoms with Crippen LogP contribution in [0.4, 0.5) is 0 Å². The highest BCUT2D eigenvalue weighted by molar-refractivity contribution is 7.71. The Hall–Kier alpha value is -7.26. The zero-order chi connectivity index (χ0) is 47.0. The summed E-state index contributed by atoms with van der Waals surface area (Å²) in [5.41, 5.74) is 12.8. The quantitative estimate of drug-likeness (QED) is 0.107. The van der Waals surface area contributed by atoms with Gasteiger partial charge in [-0.3, -0.25) is 0 Å². The molecule has 70 heavy (non-hydrogen) atoms. The second-order valence-corrected chi connectivity index (χ2v) is 23.8. The van der Waals surface area contributed by atoms with E-state index in [0.717, 1.165) is 60.9 Å². The van der Waals surface area contributed by atoms with Crippen LogP contribution in [0.3, 0.4) is 0 Å². The van der Waals surface area contributed by atoms with Gasteiger partial charge in [0.1, 0.15) is 7.14 Å². The summed E-state index contributed by atoms with van der Waals surface area (Å²) < 4.78 is 13.9. The normalized spacial score (nSPS) is 20.5. The maximum atomic E-state index is 13.9. The van der Waals surface area contributed by atoms with E-state index >= 15 is 0 Å². The van der Waals surface area contributed by atoms with Crippen LogP contribution in [0.2, 0.25) is 0 Å². The molecule has 0 saturated heterocycles. The minimum Gasteiger partial charge on any atom is -0.319 e. The van der Waals surface area contributed by atoms with E-state index in [-0.39, 0.29) is 5.41 Å². The Balaban J connectivity index is 0.876. The van der Waals surface area contributed by atoms with Crippen molar-refractivity contribution in [2.24, 2.45) is 23.7 Å². The van der Waals surface area contributed by atoms with Crippen LogP contribution >= 0.6 is 7.14 Å². The van der Waals surface area contributed by atoms with Crippen LogP contribution in [0.1, 0.15) is 43.2 Å². The van der Waals surface area contributed by atoms with Crippen LogP contribution in [0.25, 0.3) is 89.1 Å². The predicted octanol–water partition coefficient (Wildman–Crippen LogP) is 16.2. The first-order valence-corrected chi connectivity index (χ1v) is 27.7. The molecule has 1 aromatic heterocycles. The van der Waals surface area contributed by atoms with Crippen molar-refractivity contribution in [3.05, 3.63) is 217 Å². The lowest BCUT2D eigenvalue weighted by Gasteiger charge is -2.62. The Bertz CT molecular complexity index is 3540. The fourth-order valence-electron chi connectivity index (χ4n) is 13.5. The predicted molar refractivity (Wildman–Crippen MR) is 291 cm³/mol. The molecule has 0 amide bonds. The maximum absolute atomic E-state index is 13.9. The molecule has 0 atom stereocenters. The monoisotopic (exact) mass is 923 g/mol. The van der Waals surface area contributed by atoms with Crippen molar-refractivity contribution in [1.82, 2.24) is 15.0 Å². The van der Waals surface area contributed by atoms with E-state index in [4.69, 9.17) is 15.0 Å². The van der Waals surface area contributed by atoms with Gasteiger partial charge in [-0.1, -0.05) is 206 Å². The van der Waals surface area contributed by atoms with E-state index in [0.29, 0.717) is 29.3 Å². The largest absolute Gasteiger partial charge is 0.319 e. The van der Waals surface area contributed by atoms with Gasteiger partial charge in [0.05, 0.1) is 0 Å². The zero-order valence-electron chi connectivity index (χ0n) is 39.7. The Morgan fingerprint density at radius 3 is 1.09 bits per heavy atom. The average Bonchev–Trinajstić information content (AvgIpc) is 3.40. The van der Waals surface area contributed by atoms with Crippen LogP contribution in [0.15, 0.2) is 206 Å². The number of benzene rings is 9. The van der Waals surface area contributed by atoms with Gasteiger partial charge in [-0.15, -0.1) is 0 Å². The van der Waals surface area contributed by atoms with Crippen LogP contribution in [0.5, 0.6) is 0 Å². The first kappa shape index (κ1) is 42.8. The topological polar surface area (TPSA) is 55.7 Å². The smallest absolute Gasteiger partial charge is 0.164 e. The molecular formula is C65H54N3OP. The third kappa shape index (κ3) is 7.26. The second-order valence-electron chi connectivity index (χ2n) is 20.7. The molecule has 0 unspecified atom stereocenters. The summed E-state index contributed by atoms with van der Waals surface area (Å²) in [5, 5.41) is 5.48. The third-order valence-electron chi connectivity index (χ3n) is 16.3. The molecule has 1 heterocycles. The third-order valence-corrected chi connectivity index (χ3v) is 17.8. The summed E-state index contributed by atoms with van der Waals surface area (Å²) in [6.07, 6.45) is 6.55. The molecule has 14 rings (SSSR count). The first-order valence-electron chi connectivity index (χ1n) is 25.1. The highest BCUT2D eigenvalue weighted by Crippen LogP contribution is 2.65. The van der Waals surface area contributed by atoms with E-state index in [9.17, 15) is 4.57 Å². The summed E-state index contributed by atoms with van der Waals surface area (Å²) in [6, 6.07) is 74.3. The van der Waals surface area contributed by atoms with Gasteiger partial charge in [0, 0.05) is 27.4 Å². The van der Waals surface area contributed by atoms with Crippen molar-refractivity contribution >= 4 is 34.0 Å². The fourth-order valence-corrected chi connectivity index (χ4v) is 15.0. The van der Waals surface area contributed by atoms with Gasteiger partial charge >= 0.3 is 0 Å². The van der Waals surface area contributed by atoms with Crippen LogP contribution < -0.4 is 5.30 Å². The summed E-state index contributed by atoms with van der Waals surface area (Å²) >= 11 is 0. The number of aromatic nitrogens is 3. The average molecular weight is 924 g/mol. The number of hydrogen-bond donors (Lipinski definition) is 0. The van der Waals surface area contributed by atoms with Gasteiger partial charge in [0.25, 0.3) is 0 Å². The highest BCUT2D eigenvalue weighted by atomic mass is 31.2. The summed E-state index contributed by atoms with van der Waals surface area (Å²) in [6.45, 7) is 3.81. The lowest BCUT2D eigenvalue weighted by molar-refractivity contribution is -0.0418. The van der Waals surface area contributed by atoms with E-state index in [1.165, 1.54) is 71.0 Å².